The quantitative estimate of drug-likeness (QED) is 0.0191. The van der Waals surface area contributed by atoms with E-state index in [1.807, 2.05) is 20.3 Å². The fourth-order valence-electron chi connectivity index (χ4n) is 11.2. The van der Waals surface area contributed by atoms with Gasteiger partial charge in [0.1, 0.15) is 0 Å². The van der Waals surface area contributed by atoms with E-state index in [0.29, 0.717) is 0 Å². The van der Waals surface area contributed by atoms with Gasteiger partial charge in [-0.05, 0) is 51.4 Å². The number of rotatable bonds is 68. The van der Waals surface area contributed by atoms with Crippen molar-refractivity contribution in [2.75, 3.05) is 52.4 Å². The van der Waals surface area contributed by atoms with E-state index in [0.717, 1.165) is 52.4 Å². The molecule has 0 aromatic rings. The Labute approximate surface area is 639 Å². The Morgan fingerprint density at radius 1 is 0.183 bits per heavy atom. The van der Waals surface area contributed by atoms with Crippen molar-refractivity contribution in [1.29, 1.82) is 0 Å². The smallest absolute Gasteiger partial charge is 0.426 e. The first-order valence-corrected chi connectivity index (χ1v) is 42.6. The van der Waals surface area contributed by atoms with E-state index in [1.165, 1.54) is 360 Å². The molecule has 93 heavy (non-hydrogen) atoms. The van der Waals surface area contributed by atoms with Gasteiger partial charge in [0.15, 0.2) is 0 Å². The van der Waals surface area contributed by atoms with Gasteiger partial charge < -0.3 is 119 Å². The van der Waals surface area contributed by atoms with Gasteiger partial charge in [0.2, 0.25) is 0 Å². The van der Waals surface area contributed by atoms with E-state index in [1.54, 1.807) is 0 Å². The van der Waals surface area contributed by atoms with Crippen LogP contribution >= 0.6 is 48.9 Å². The zero-order chi connectivity index (χ0) is 68.7. The van der Waals surface area contributed by atoms with Crippen molar-refractivity contribution < 1.29 is 40.4 Å². The van der Waals surface area contributed by atoms with Gasteiger partial charge in [-0.2, -0.15) is 0 Å². The molecule has 0 heterocycles. The maximum atomic E-state index is 5.52. The fraction of sp³-hybridized carbons (Fsp3) is 0.947. The zero-order valence-electron chi connectivity index (χ0n) is 62.4. The first-order chi connectivity index (χ1) is 44.8. The van der Waals surface area contributed by atoms with Crippen molar-refractivity contribution in [1.82, 2.24) is 20.3 Å². The van der Waals surface area contributed by atoms with Crippen molar-refractivity contribution in [3.05, 3.63) is 0 Å². The molecule has 0 rings (SSSR count). The average molecular weight is 1540 g/mol. The van der Waals surface area contributed by atoms with Gasteiger partial charge in [0, 0.05) is 52.4 Å². The summed E-state index contributed by atoms with van der Waals surface area (Å²) in [6.45, 7) is 25.8. The molecule has 0 aliphatic rings. The Kier molecular flexibility index (Phi) is 100. The normalized spacial score (nSPS) is 11.0. The molecule has 0 aliphatic heterocycles. The van der Waals surface area contributed by atoms with E-state index >= 15 is 0 Å². The summed E-state index contributed by atoms with van der Waals surface area (Å²) in [4.78, 5) is 22.1. The molecule has 0 saturated heterocycles. The Balaban J connectivity index is -0.000000369. The largest absolute Gasteiger partial charge is 4.00 e. The van der Waals surface area contributed by atoms with Gasteiger partial charge in [-0.1, -0.05) is 364 Å². The SMILES string of the molecule is CCCCCCCCCN(CCCCCCCCC)OC(=S)[S-].CCCCCCCCCN(CCCCCCCCC)OC(=S)[S-].CCCCCCCCCN(CCCCCCCCC)OC(=S)[S-].CCCCCCCCCN(CCCCCCCCC)OC(=S)[S-].[Mo+4]. The van der Waals surface area contributed by atoms with Crippen LogP contribution in [-0.2, 0) is 90.9 Å². The minimum atomic E-state index is 0. The minimum Gasteiger partial charge on any atom is -0.426 e. The van der Waals surface area contributed by atoms with Crippen molar-refractivity contribution >= 4 is 117 Å². The molecule has 8 nitrogen and oxygen atoms in total. The van der Waals surface area contributed by atoms with E-state index in [-0.39, 0.29) is 38.6 Å². The summed E-state index contributed by atoms with van der Waals surface area (Å²) in [6, 6.07) is 0. The predicted octanol–water partition coefficient (Wildman–Crippen LogP) is 26.2. The van der Waals surface area contributed by atoms with E-state index in [9.17, 15) is 0 Å². The summed E-state index contributed by atoms with van der Waals surface area (Å²) in [5.41, 5.74) is 0. The van der Waals surface area contributed by atoms with Gasteiger partial charge in [-0.25, -0.2) is 0 Å². The van der Waals surface area contributed by atoms with E-state index in [2.05, 4.69) is 55.4 Å². The molecule has 0 spiro atoms. The Morgan fingerprint density at radius 2 is 0.269 bits per heavy atom. The molecule has 0 aliphatic carbocycles. The average Bonchev–Trinajstić information content (AvgIpc) is 3.59. The van der Waals surface area contributed by atoms with Gasteiger partial charge in [0.25, 0.3) is 0 Å². The van der Waals surface area contributed by atoms with E-state index in [4.69, 9.17) is 119 Å². The van der Waals surface area contributed by atoms with Crippen LogP contribution in [0.3, 0.4) is 0 Å². The molecule has 0 saturated carbocycles. The molecular weight excluding hydrogens is 1390 g/mol. The third-order valence-corrected chi connectivity index (χ3v) is 17.5. The maximum absolute atomic E-state index is 5.52. The van der Waals surface area contributed by atoms with Gasteiger partial charge >= 0.3 is 21.1 Å². The minimum absolute atomic E-state index is 0. The molecule has 0 fully saturated rings. The number of hydrogen-bond acceptors (Lipinski definition) is 16. The summed E-state index contributed by atoms with van der Waals surface area (Å²) in [5.74, 6) is 0. The second-order valence-corrected chi connectivity index (χ2v) is 30.1. The van der Waals surface area contributed by atoms with Crippen molar-refractivity contribution in [2.24, 2.45) is 0 Å². The van der Waals surface area contributed by atoms with Crippen LogP contribution in [0.2, 0.25) is 0 Å². The predicted molar refractivity (Wildman–Crippen MR) is 434 cm³/mol. The van der Waals surface area contributed by atoms with Crippen LogP contribution in [0.1, 0.15) is 415 Å². The molecule has 0 radical (unpaired) electrons. The maximum Gasteiger partial charge on any atom is 4.00 e. The van der Waals surface area contributed by atoms with E-state index < -0.39 is 0 Å². The Bertz CT molecular complexity index is 1190. The zero-order valence-corrected chi connectivity index (χ0v) is 70.9. The van der Waals surface area contributed by atoms with Gasteiger partial charge in [-0.15, -0.1) is 20.3 Å². The van der Waals surface area contributed by atoms with Crippen LogP contribution in [0.5, 0.6) is 0 Å². The summed E-state index contributed by atoms with van der Waals surface area (Å²) >= 11 is 39.4. The third-order valence-electron chi connectivity index (χ3n) is 16.9. The standard InChI is InChI=1S/4C19H39NOS2.Mo/c4*1-3-5-7-9-11-13-15-17-20(21-19(22)23)18-16-14-12-10-8-6-4-2;/h4*3-18H2,1-2H3,(H,22,23);/q;;;;+4/p-4. The molecule has 0 aromatic carbocycles. The molecule has 0 N–H and O–H groups in total. The summed E-state index contributed by atoms with van der Waals surface area (Å²) in [5, 5.41) is 7.97. The van der Waals surface area contributed by atoms with Crippen molar-refractivity contribution in [3.8, 4) is 0 Å². The second kappa shape index (κ2) is 91.0. The molecule has 0 aromatic heterocycles. The van der Waals surface area contributed by atoms with Crippen LogP contribution in [0.25, 0.3) is 0 Å². The Morgan fingerprint density at radius 3 is 0.355 bits per heavy atom. The topological polar surface area (TPSA) is 49.9 Å². The van der Waals surface area contributed by atoms with Crippen LogP contribution < -0.4 is 0 Å². The number of unbranched alkanes of at least 4 members (excludes halogenated alkanes) is 48. The van der Waals surface area contributed by atoms with Crippen LogP contribution in [0, 0.1) is 0 Å². The molecule has 0 amide bonds. The van der Waals surface area contributed by atoms with Crippen molar-refractivity contribution in [3.63, 3.8) is 0 Å². The first-order valence-electron chi connectivity index (χ1n) is 39.4. The molecule has 554 valence electrons. The second-order valence-electron chi connectivity index (χ2n) is 26.1. The molecule has 0 bridgehead atoms. The molecule has 17 heteroatoms. The molecular formula is C76H152MoN4O4S8. The first kappa shape index (κ1) is 103. The molecule has 0 atom stereocenters. The number of nitrogens with zero attached hydrogens (tertiary/aromatic N) is 4. The van der Waals surface area contributed by atoms with Crippen LogP contribution in [0.15, 0.2) is 0 Å². The van der Waals surface area contributed by atoms with Crippen LogP contribution in [0.4, 0.5) is 0 Å². The van der Waals surface area contributed by atoms with Crippen LogP contribution in [-0.4, -0.2) is 90.1 Å². The summed E-state index contributed by atoms with van der Waals surface area (Å²) < 4.78 is 0.929. The summed E-state index contributed by atoms with van der Waals surface area (Å²) in [6.07, 6.45) is 73.9. The summed E-state index contributed by atoms with van der Waals surface area (Å²) in [7, 11) is 0. The molecule has 0 unspecified atom stereocenters. The number of hydrogen-bond donors (Lipinski definition) is 0. The number of hydroxylamine groups is 8. The van der Waals surface area contributed by atoms with Gasteiger partial charge in [-0.3, -0.25) is 0 Å². The van der Waals surface area contributed by atoms with Crippen molar-refractivity contribution in [2.45, 2.75) is 415 Å². The fourth-order valence-corrected chi connectivity index (χ4v) is 12.0. The third kappa shape index (κ3) is 97.2. The van der Waals surface area contributed by atoms with Gasteiger partial charge in [0.05, 0.1) is 17.5 Å². The monoisotopic (exact) mass is 1540 g/mol. The number of thiocarbonyl (C=S) groups is 4. The Hall–Kier alpha value is 0.968.